The van der Waals surface area contributed by atoms with Crippen molar-refractivity contribution in [3.63, 3.8) is 0 Å². The minimum Gasteiger partial charge on any atom is -0.295 e. The molecule has 0 unspecified atom stereocenters. The smallest absolute Gasteiger partial charge is 0.0240 e. The van der Waals surface area contributed by atoms with Crippen molar-refractivity contribution in [2.75, 3.05) is 6.54 Å². The highest BCUT2D eigenvalue weighted by Crippen LogP contribution is 2.24. The topological polar surface area (TPSA) is 3.24 Å². The van der Waals surface area contributed by atoms with Crippen LogP contribution >= 0.6 is 0 Å². The van der Waals surface area contributed by atoms with E-state index in [9.17, 15) is 0 Å². The molecule has 0 amide bonds. The van der Waals surface area contributed by atoms with Crippen LogP contribution in [0.3, 0.4) is 0 Å². The molecule has 1 aliphatic heterocycles. The number of hydrogen-bond acceptors (Lipinski definition) is 1. The highest BCUT2D eigenvalue weighted by Gasteiger charge is 2.19. The quantitative estimate of drug-likeness (QED) is 0.729. The number of nitrogens with zero attached hydrogens (tertiary/aromatic N) is 1. The summed E-state index contributed by atoms with van der Waals surface area (Å²) in [5.41, 5.74) is 4.56. The van der Waals surface area contributed by atoms with E-state index in [0.29, 0.717) is 0 Å². The van der Waals surface area contributed by atoms with Gasteiger partial charge in [0.05, 0.1) is 0 Å². The van der Waals surface area contributed by atoms with Gasteiger partial charge < -0.3 is 0 Å². The second-order valence-electron chi connectivity index (χ2n) is 5.02. The zero-order valence-electron chi connectivity index (χ0n) is 10.1. The zero-order chi connectivity index (χ0) is 10.8. The predicted molar refractivity (Wildman–Crippen MR) is 64.8 cm³/mol. The Morgan fingerprint density at radius 2 is 1.93 bits per heavy atom. The zero-order valence-corrected chi connectivity index (χ0v) is 10.1. The molecule has 1 aromatic rings. The van der Waals surface area contributed by atoms with Crippen LogP contribution in [-0.4, -0.2) is 11.4 Å². The maximum Gasteiger partial charge on any atom is 0.0240 e. The molecule has 82 valence electrons. The normalized spacial score (nSPS) is 16.0. The molecular formula is C14H21N. The van der Waals surface area contributed by atoms with Crippen LogP contribution in [-0.2, 0) is 19.5 Å². The Bertz CT molecular complexity index is 341. The van der Waals surface area contributed by atoms with Gasteiger partial charge in [-0.2, -0.15) is 0 Å². The molecule has 0 bridgehead atoms. The molecule has 0 fully saturated rings. The van der Waals surface area contributed by atoms with Crippen molar-refractivity contribution in [1.29, 1.82) is 0 Å². The lowest BCUT2D eigenvalue weighted by atomic mass is 10.1. The molecule has 0 N–H and O–H groups in total. The van der Waals surface area contributed by atoms with E-state index in [4.69, 9.17) is 0 Å². The van der Waals surface area contributed by atoms with Gasteiger partial charge in [0.2, 0.25) is 0 Å². The minimum atomic E-state index is 0.768. The van der Waals surface area contributed by atoms with Crippen molar-refractivity contribution in [3.8, 4) is 0 Å². The van der Waals surface area contributed by atoms with Crippen molar-refractivity contribution >= 4 is 0 Å². The summed E-state index contributed by atoms with van der Waals surface area (Å²) in [6.07, 6.45) is 1.15. The van der Waals surface area contributed by atoms with E-state index < -0.39 is 0 Å². The summed E-state index contributed by atoms with van der Waals surface area (Å²) >= 11 is 0. The van der Waals surface area contributed by atoms with Crippen LogP contribution in [0.25, 0.3) is 0 Å². The van der Waals surface area contributed by atoms with E-state index in [2.05, 4.69) is 43.9 Å². The van der Waals surface area contributed by atoms with Gasteiger partial charge in [-0.1, -0.05) is 39.0 Å². The number of benzene rings is 1. The minimum absolute atomic E-state index is 0.768. The van der Waals surface area contributed by atoms with Crippen LogP contribution in [0.1, 0.15) is 37.5 Å². The Balaban J connectivity index is 2.09. The summed E-state index contributed by atoms with van der Waals surface area (Å²) in [6.45, 7) is 10.3. The molecule has 0 aromatic heterocycles. The van der Waals surface area contributed by atoms with E-state index in [1.165, 1.54) is 17.7 Å². The molecule has 1 aliphatic rings. The van der Waals surface area contributed by atoms with Crippen LogP contribution in [0.5, 0.6) is 0 Å². The lowest BCUT2D eigenvalue weighted by Crippen LogP contribution is -2.21. The average molecular weight is 203 g/mol. The van der Waals surface area contributed by atoms with E-state index in [0.717, 1.165) is 25.4 Å². The van der Waals surface area contributed by atoms with E-state index in [1.807, 2.05) is 0 Å². The molecule has 15 heavy (non-hydrogen) atoms. The molecule has 1 aromatic carbocycles. The number of fused-ring (bicyclic) bond motifs is 1. The predicted octanol–water partition coefficient (Wildman–Crippen LogP) is 3.22. The van der Waals surface area contributed by atoms with Gasteiger partial charge >= 0.3 is 0 Å². The summed E-state index contributed by atoms with van der Waals surface area (Å²) in [5, 5.41) is 0. The number of rotatable bonds is 3. The monoisotopic (exact) mass is 203 g/mol. The second-order valence-corrected chi connectivity index (χ2v) is 5.02. The first-order chi connectivity index (χ1) is 7.19. The van der Waals surface area contributed by atoms with E-state index >= 15 is 0 Å². The molecule has 1 heterocycles. The number of hydrogen-bond donors (Lipinski definition) is 0. The molecule has 0 atom stereocenters. The molecule has 1 nitrogen and oxygen atoms in total. The Morgan fingerprint density at radius 1 is 1.20 bits per heavy atom. The van der Waals surface area contributed by atoms with Gasteiger partial charge in [-0.25, -0.2) is 0 Å². The van der Waals surface area contributed by atoms with Crippen LogP contribution < -0.4 is 0 Å². The van der Waals surface area contributed by atoms with Gasteiger partial charge in [-0.3, -0.25) is 4.90 Å². The summed E-state index contributed by atoms with van der Waals surface area (Å²) in [4.78, 5) is 2.55. The van der Waals surface area contributed by atoms with Gasteiger partial charge in [-0.05, 0) is 29.0 Å². The third-order valence-electron chi connectivity index (χ3n) is 3.09. The Morgan fingerprint density at radius 3 is 2.60 bits per heavy atom. The van der Waals surface area contributed by atoms with Crippen LogP contribution in [0.15, 0.2) is 18.2 Å². The average Bonchev–Trinajstić information content (AvgIpc) is 2.57. The van der Waals surface area contributed by atoms with Gasteiger partial charge in [0.25, 0.3) is 0 Å². The lowest BCUT2D eigenvalue weighted by Gasteiger charge is -2.16. The molecule has 0 radical (unpaired) electrons. The van der Waals surface area contributed by atoms with Gasteiger partial charge in [0, 0.05) is 19.6 Å². The summed E-state index contributed by atoms with van der Waals surface area (Å²) in [6, 6.07) is 6.97. The third kappa shape index (κ3) is 2.40. The fraction of sp³-hybridized carbons (Fsp3) is 0.571. The lowest BCUT2D eigenvalue weighted by molar-refractivity contribution is 0.251. The molecule has 2 rings (SSSR count). The van der Waals surface area contributed by atoms with Crippen LogP contribution in [0.4, 0.5) is 0 Å². The van der Waals surface area contributed by atoms with Gasteiger partial charge in [0.1, 0.15) is 0 Å². The fourth-order valence-corrected chi connectivity index (χ4v) is 2.38. The van der Waals surface area contributed by atoms with Crippen molar-refractivity contribution in [2.45, 2.75) is 40.3 Å². The third-order valence-corrected chi connectivity index (χ3v) is 3.09. The van der Waals surface area contributed by atoms with Gasteiger partial charge in [-0.15, -0.1) is 0 Å². The molecular weight excluding hydrogens is 182 g/mol. The van der Waals surface area contributed by atoms with E-state index in [-0.39, 0.29) is 0 Å². The van der Waals surface area contributed by atoms with Crippen LogP contribution in [0.2, 0.25) is 0 Å². The molecule has 0 aliphatic carbocycles. The van der Waals surface area contributed by atoms with Crippen molar-refractivity contribution in [1.82, 2.24) is 4.90 Å². The Hall–Kier alpha value is -0.820. The molecule has 0 spiro atoms. The maximum absolute atomic E-state index is 2.55. The summed E-state index contributed by atoms with van der Waals surface area (Å²) in [7, 11) is 0. The van der Waals surface area contributed by atoms with Crippen LogP contribution in [0, 0.1) is 5.92 Å². The highest BCUT2D eigenvalue weighted by molar-refractivity contribution is 5.34. The molecule has 0 saturated heterocycles. The van der Waals surface area contributed by atoms with E-state index in [1.54, 1.807) is 5.56 Å². The van der Waals surface area contributed by atoms with Crippen molar-refractivity contribution in [3.05, 3.63) is 34.9 Å². The standard InChI is InChI=1S/C14H21N/c1-4-12-5-6-13-9-15(8-11(2)3)10-14(13)7-12/h5-7,11H,4,8-10H2,1-3H3. The molecule has 1 heteroatoms. The van der Waals surface area contributed by atoms with Gasteiger partial charge in [0.15, 0.2) is 0 Å². The summed E-state index contributed by atoms with van der Waals surface area (Å²) in [5.74, 6) is 0.768. The Kier molecular flexibility index (Phi) is 3.11. The van der Waals surface area contributed by atoms with Crippen molar-refractivity contribution < 1.29 is 0 Å². The Labute approximate surface area is 93.1 Å². The maximum atomic E-state index is 2.55. The van der Waals surface area contributed by atoms with Crippen molar-refractivity contribution in [2.24, 2.45) is 5.92 Å². The fourth-order valence-electron chi connectivity index (χ4n) is 2.38. The molecule has 0 saturated carbocycles. The largest absolute Gasteiger partial charge is 0.295 e. The first kappa shape index (κ1) is 10.7. The first-order valence-electron chi connectivity index (χ1n) is 6.02. The first-order valence-corrected chi connectivity index (χ1v) is 6.02. The SMILES string of the molecule is CCc1ccc2c(c1)CN(CC(C)C)C2. The highest BCUT2D eigenvalue weighted by atomic mass is 15.1. The summed E-state index contributed by atoms with van der Waals surface area (Å²) < 4.78 is 0. The second kappa shape index (κ2) is 4.36. The number of aryl methyl sites for hydroxylation is 1.